The highest BCUT2D eigenvalue weighted by Crippen LogP contribution is 2.25. The molecule has 1 aromatic carbocycles. The molecule has 18 heavy (non-hydrogen) atoms. The Morgan fingerprint density at radius 2 is 2.00 bits per heavy atom. The lowest BCUT2D eigenvalue weighted by Gasteiger charge is -2.38. The number of methoxy groups -OCH3 is 1. The fourth-order valence-corrected chi connectivity index (χ4v) is 2.81. The fraction of sp³-hybridized carbons (Fsp3) is 0.600. The van der Waals surface area contributed by atoms with Gasteiger partial charge in [-0.25, -0.2) is 0 Å². The van der Waals surface area contributed by atoms with Gasteiger partial charge in [-0.1, -0.05) is 30.3 Å². The number of benzene rings is 1. The lowest BCUT2D eigenvalue weighted by Crippen LogP contribution is -2.46. The Labute approximate surface area is 109 Å². The molecule has 1 fully saturated rings. The van der Waals surface area contributed by atoms with Gasteiger partial charge in [0, 0.05) is 26.1 Å². The Balaban J connectivity index is 1.91. The average Bonchev–Trinajstić information content (AvgIpc) is 2.39. The minimum atomic E-state index is -0.280. The molecule has 1 saturated carbocycles. The summed E-state index contributed by atoms with van der Waals surface area (Å²) in [7, 11) is 3.82. The number of hydrogen-bond donors (Lipinski definition) is 1. The molecule has 0 aromatic heterocycles. The third-order valence-corrected chi connectivity index (χ3v) is 3.91. The van der Waals surface area contributed by atoms with E-state index in [0.29, 0.717) is 0 Å². The molecule has 0 unspecified atom stereocenters. The van der Waals surface area contributed by atoms with Crippen molar-refractivity contribution >= 4 is 0 Å². The van der Waals surface area contributed by atoms with Crippen LogP contribution in [0.3, 0.4) is 0 Å². The average molecular weight is 249 g/mol. The van der Waals surface area contributed by atoms with Gasteiger partial charge in [0.1, 0.15) is 0 Å². The van der Waals surface area contributed by atoms with E-state index in [4.69, 9.17) is 4.74 Å². The number of hydrogen-bond acceptors (Lipinski definition) is 3. The molecule has 0 saturated heterocycles. The molecule has 1 N–H and O–H groups in total. The standard InChI is InChI=1S/C15H23NO2/c1-16(11-12-6-4-3-5-7-12)14-9-8-13(18-2)10-15(14)17/h3-7,13-15,17H,8-11H2,1-2H3/t13-,14+,15+/m0/s1. The summed E-state index contributed by atoms with van der Waals surface area (Å²) in [5.74, 6) is 0. The Bertz CT molecular complexity index is 355. The number of nitrogens with zero attached hydrogens (tertiary/aromatic N) is 1. The van der Waals surface area contributed by atoms with Crippen molar-refractivity contribution < 1.29 is 9.84 Å². The topological polar surface area (TPSA) is 32.7 Å². The summed E-state index contributed by atoms with van der Waals surface area (Å²) in [5.41, 5.74) is 1.29. The number of ether oxygens (including phenoxy) is 1. The van der Waals surface area contributed by atoms with Crippen LogP contribution in [0.1, 0.15) is 24.8 Å². The summed E-state index contributed by atoms with van der Waals surface area (Å²) in [6.45, 7) is 0.889. The number of aliphatic hydroxyl groups excluding tert-OH is 1. The maximum absolute atomic E-state index is 10.2. The summed E-state index contributed by atoms with van der Waals surface area (Å²) >= 11 is 0. The van der Waals surface area contributed by atoms with E-state index in [2.05, 4.69) is 36.2 Å². The molecule has 0 aliphatic heterocycles. The van der Waals surface area contributed by atoms with Gasteiger partial charge in [0.25, 0.3) is 0 Å². The highest BCUT2D eigenvalue weighted by Gasteiger charge is 2.31. The van der Waals surface area contributed by atoms with Gasteiger partial charge >= 0.3 is 0 Å². The van der Waals surface area contributed by atoms with E-state index >= 15 is 0 Å². The largest absolute Gasteiger partial charge is 0.391 e. The van der Waals surface area contributed by atoms with Crippen LogP contribution < -0.4 is 0 Å². The van der Waals surface area contributed by atoms with Crippen LogP contribution in [0.2, 0.25) is 0 Å². The molecule has 3 nitrogen and oxygen atoms in total. The summed E-state index contributed by atoms with van der Waals surface area (Å²) in [6.07, 6.45) is 2.74. The molecule has 0 heterocycles. The highest BCUT2D eigenvalue weighted by atomic mass is 16.5. The molecule has 1 aromatic rings. The second kappa shape index (κ2) is 6.32. The molecule has 3 heteroatoms. The van der Waals surface area contributed by atoms with Crippen LogP contribution in [0.4, 0.5) is 0 Å². The van der Waals surface area contributed by atoms with Crippen molar-refractivity contribution in [3.05, 3.63) is 35.9 Å². The molecule has 100 valence electrons. The zero-order chi connectivity index (χ0) is 13.0. The second-order valence-electron chi connectivity index (χ2n) is 5.21. The van der Waals surface area contributed by atoms with E-state index in [1.165, 1.54) is 5.56 Å². The van der Waals surface area contributed by atoms with E-state index in [0.717, 1.165) is 25.8 Å². The van der Waals surface area contributed by atoms with Crippen molar-refractivity contribution in [3.63, 3.8) is 0 Å². The SMILES string of the molecule is CO[C@H]1CC[C@@H](N(C)Cc2ccccc2)[C@H](O)C1. The van der Waals surface area contributed by atoms with E-state index in [9.17, 15) is 5.11 Å². The lowest BCUT2D eigenvalue weighted by molar-refractivity contribution is -0.0367. The zero-order valence-electron chi connectivity index (χ0n) is 11.2. The van der Waals surface area contributed by atoms with E-state index in [1.807, 2.05) is 6.07 Å². The van der Waals surface area contributed by atoms with Gasteiger partial charge in [-0.05, 0) is 25.5 Å². The monoisotopic (exact) mass is 249 g/mol. The number of rotatable bonds is 4. The van der Waals surface area contributed by atoms with E-state index in [-0.39, 0.29) is 18.2 Å². The highest BCUT2D eigenvalue weighted by molar-refractivity contribution is 5.14. The van der Waals surface area contributed by atoms with Crippen LogP contribution >= 0.6 is 0 Å². The molecule has 3 atom stereocenters. The van der Waals surface area contributed by atoms with Crippen molar-refractivity contribution in [3.8, 4) is 0 Å². The van der Waals surface area contributed by atoms with E-state index < -0.39 is 0 Å². The molecule has 0 amide bonds. The number of aliphatic hydroxyl groups is 1. The van der Waals surface area contributed by atoms with E-state index in [1.54, 1.807) is 7.11 Å². The summed E-state index contributed by atoms with van der Waals surface area (Å²) in [6, 6.07) is 10.6. The van der Waals surface area contributed by atoms with Crippen LogP contribution in [0.15, 0.2) is 30.3 Å². The summed E-state index contributed by atoms with van der Waals surface area (Å²) < 4.78 is 5.33. The molecular formula is C15H23NO2. The third-order valence-electron chi connectivity index (χ3n) is 3.91. The maximum Gasteiger partial charge on any atom is 0.0720 e. The van der Waals surface area contributed by atoms with Gasteiger partial charge in [0.15, 0.2) is 0 Å². The minimum Gasteiger partial charge on any atom is -0.391 e. The van der Waals surface area contributed by atoms with Crippen molar-refractivity contribution in [2.24, 2.45) is 0 Å². The summed E-state index contributed by atoms with van der Waals surface area (Å²) in [4.78, 5) is 2.26. The van der Waals surface area contributed by atoms with Crippen molar-refractivity contribution in [1.82, 2.24) is 4.90 Å². The van der Waals surface area contributed by atoms with Crippen LogP contribution in [0.25, 0.3) is 0 Å². The Kier molecular flexibility index (Phi) is 4.75. The van der Waals surface area contributed by atoms with Crippen molar-refractivity contribution in [2.75, 3.05) is 14.2 Å². The fourth-order valence-electron chi connectivity index (χ4n) is 2.81. The quantitative estimate of drug-likeness (QED) is 0.886. The first-order valence-electron chi connectivity index (χ1n) is 6.65. The zero-order valence-corrected chi connectivity index (χ0v) is 11.2. The van der Waals surface area contributed by atoms with Crippen LogP contribution in [-0.2, 0) is 11.3 Å². The normalized spacial score (nSPS) is 28.6. The second-order valence-corrected chi connectivity index (χ2v) is 5.21. The Hall–Kier alpha value is -0.900. The third kappa shape index (κ3) is 3.31. The molecular weight excluding hydrogens is 226 g/mol. The predicted octanol–water partition coefficient (Wildman–Crippen LogP) is 2.05. The lowest BCUT2D eigenvalue weighted by atomic mass is 9.89. The molecule has 0 spiro atoms. The smallest absolute Gasteiger partial charge is 0.0720 e. The first-order chi connectivity index (χ1) is 8.70. The Morgan fingerprint density at radius 3 is 2.61 bits per heavy atom. The molecule has 0 radical (unpaired) electrons. The predicted molar refractivity (Wildman–Crippen MR) is 72.4 cm³/mol. The van der Waals surface area contributed by atoms with Crippen LogP contribution in [0.5, 0.6) is 0 Å². The molecule has 0 bridgehead atoms. The molecule has 1 aliphatic carbocycles. The van der Waals surface area contributed by atoms with Crippen molar-refractivity contribution in [1.29, 1.82) is 0 Å². The van der Waals surface area contributed by atoms with Gasteiger partial charge in [-0.15, -0.1) is 0 Å². The number of likely N-dealkylation sites (N-methyl/N-ethyl adjacent to an activating group) is 1. The van der Waals surface area contributed by atoms with Gasteiger partial charge in [-0.2, -0.15) is 0 Å². The molecule has 1 aliphatic rings. The Morgan fingerprint density at radius 1 is 1.28 bits per heavy atom. The summed E-state index contributed by atoms with van der Waals surface area (Å²) in [5, 5.41) is 10.2. The van der Waals surface area contributed by atoms with Gasteiger partial charge in [0.2, 0.25) is 0 Å². The van der Waals surface area contributed by atoms with Crippen molar-refractivity contribution in [2.45, 2.75) is 44.1 Å². The minimum absolute atomic E-state index is 0.223. The van der Waals surface area contributed by atoms with Gasteiger partial charge in [0.05, 0.1) is 12.2 Å². The van der Waals surface area contributed by atoms with Crippen LogP contribution in [0, 0.1) is 0 Å². The molecule has 2 rings (SSSR count). The maximum atomic E-state index is 10.2. The van der Waals surface area contributed by atoms with Gasteiger partial charge < -0.3 is 9.84 Å². The van der Waals surface area contributed by atoms with Gasteiger partial charge in [-0.3, -0.25) is 4.90 Å². The first kappa shape index (κ1) is 13.5. The van der Waals surface area contributed by atoms with Crippen LogP contribution in [-0.4, -0.2) is 42.4 Å². The first-order valence-corrected chi connectivity index (χ1v) is 6.65.